The first-order valence-electron chi connectivity index (χ1n) is 6.24. The molecule has 1 atom stereocenters. The molecule has 6 heteroatoms. The molecule has 100 valence electrons. The molecule has 1 aromatic rings. The molecule has 0 unspecified atom stereocenters. The molecule has 1 amide bonds. The Kier molecular flexibility index (Phi) is 3.92. The maximum Gasteiger partial charge on any atom is 0.276 e. The van der Waals surface area contributed by atoms with E-state index in [-0.39, 0.29) is 24.4 Å². The van der Waals surface area contributed by atoms with Crippen LogP contribution in [-0.4, -0.2) is 41.6 Å². The maximum atomic E-state index is 12.2. The molecular weight excluding hydrogens is 254 g/mol. The van der Waals surface area contributed by atoms with Gasteiger partial charge >= 0.3 is 0 Å². The topological polar surface area (TPSA) is 58.4 Å². The SMILES string of the molecule is C[C@@H]1CNCCN1C(=O)c1cc(C2CC2)on1.Cl. The number of halogens is 1. The highest BCUT2D eigenvalue weighted by Crippen LogP contribution is 2.40. The number of nitrogens with one attached hydrogen (secondary N) is 1. The monoisotopic (exact) mass is 271 g/mol. The molecule has 1 aromatic heterocycles. The minimum Gasteiger partial charge on any atom is -0.360 e. The van der Waals surface area contributed by atoms with Crippen molar-refractivity contribution in [2.75, 3.05) is 19.6 Å². The van der Waals surface area contributed by atoms with Crippen LogP contribution >= 0.6 is 12.4 Å². The molecule has 1 aliphatic carbocycles. The Morgan fingerprint density at radius 3 is 3.00 bits per heavy atom. The fourth-order valence-electron chi connectivity index (χ4n) is 2.24. The number of nitrogens with zero attached hydrogens (tertiary/aromatic N) is 2. The average molecular weight is 272 g/mol. The van der Waals surface area contributed by atoms with E-state index >= 15 is 0 Å². The molecule has 1 N–H and O–H groups in total. The quantitative estimate of drug-likeness (QED) is 0.884. The summed E-state index contributed by atoms with van der Waals surface area (Å²) in [4.78, 5) is 14.1. The van der Waals surface area contributed by atoms with Crippen molar-refractivity contribution < 1.29 is 9.32 Å². The Morgan fingerprint density at radius 1 is 1.56 bits per heavy atom. The number of carbonyl (C=O) groups is 1. The van der Waals surface area contributed by atoms with E-state index in [4.69, 9.17) is 4.52 Å². The molecular formula is C12H18ClN3O2. The molecule has 2 aliphatic rings. The number of carbonyl (C=O) groups excluding carboxylic acids is 1. The lowest BCUT2D eigenvalue weighted by atomic mass is 10.2. The molecule has 0 radical (unpaired) electrons. The van der Waals surface area contributed by atoms with Crippen molar-refractivity contribution in [3.63, 3.8) is 0 Å². The molecule has 1 aliphatic heterocycles. The number of hydrogen-bond donors (Lipinski definition) is 1. The average Bonchev–Trinajstić information content (AvgIpc) is 3.07. The third-order valence-corrected chi connectivity index (χ3v) is 3.49. The van der Waals surface area contributed by atoms with Gasteiger partial charge in [0.2, 0.25) is 0 Å². The van der Waals surface area contributed by atoms with Crippen LogP contribution < -0.4 is 5.32 Å². The zero-order valence-corrected chi connectivity index (χ0v) is 11.2. The van der Waals surface area contributed by atoms with Crippen LogP contribution in [0.1, 0.15) is 41.9 Å². The van der Waals surface area contributed by atoms with Crippen LogP contribution in [0.2, 0.25) is 0 Å². The summed E-state index contributed by atoms with van der Waals surface area (Å²) >= 11 is 0. The Labute approximate surface area is 112 Å². The number of amides is 1. The van der Waals surface area contributed by atoms with Gasteiger partial charge in [0.15, 0.2) is 5.69 Å². The lowest BCUT2D eigenvalue weighted by Crippen LogP contribution is -2.52. The molecule has 2 heterocycles. The van der Waals surface area contributed by atoms with Crippen LogP contribution in [0.5, 0.6) is 0 Å². The molecule has 2 fully saturated rings. The van der Waals surface area contributed by atoms with Crippen LogP contribution in [0.4, 0.5) is 0 Å². The standard InChI is InChI=1S/C12H17N3O2.ClH/c1-8-7-13-4-5-15(8)12(16)10-6-11(17-14-10)9-2-3-9;/h6,8-9,13H,2-5,7H2,1H3;1H/t8-;/m1./s1. The van der Waals surface area contributed by atoms with E-state index in [9.17, 15) is 4.79 Å². The predicted molar refractivity (Wildman–Crippen MR) is 69.1 cm³/mol. The predicted octanol–water partition coefficient (Wildman–Crippen LogP) is 1.41. The van der Waals surface area contributed by atoms with E-state index in [1.807, 2.05) is 17.9 Å². The highest BCUT2D eigenvalue weighted by molar-refractivity contribution is 5.92. The van der Waals surface area contributed by atoms with E-state index in [0.29, 0.717) is 11.6 Å². The molecule has 1 saturated heterocycles. The summed E-state index contributed by atoms with van der Waals surface area (Å²) in [6.07, 6.45) is 2.32. The van der Waals surface area contributed by atoms with Gasteiger partial charge in [-0.3, -0.25) is 4.79 Å². The van der Waals surface area contributed by atoms with Crippen LogP contribution in [0, 0.1) is 0 Å². The Hall–Kier alpha value is -1.07. The van der Waals surface area contributed by atoms with Crippen LogP contribution in [0.3, 0.4) is 0 Å². The van der Waals surface area contributed by atoms with E-state index in [0.717, 1.165) is 38.2 Å². The number of hydrogen-bond acceptors (Lipinski definition) is 4. The van der Waals surface area contributed by atoms with E-state index in [1.165, 1.54) is 0 Å². The molecule has 1 saturated carbocycles. The van der Waals surface area contributed by atoms with Gasteiger partial charge in [0.05, 0.1) is 0 Å². The van der Waals surface area contributed by atoms with Crippen LogP contribution in [0.25, 0.3) is 0 Å². The summed E-state index contributed by atoms with van der Waals surface area (Å²) in [5.41, 5.74) is 0.459. The first kappa shape index (κ1) is 13.4. The van der Waals surface area contributed by atoms with Crippen molar-refractivity contribution in [2.24, 2.45) is 0 Å². The zero-order valence-electron chi connectivity index (χ0n) is 10.4. The molecule has 0 aromatic carbocycles. The number of piperazine rings is 1. The molecule has 5 nitrogen and oxygen atoms in total. The van der Waals surface area contributed by atoms with Gasteiger partial charge in [-0.25, -0.2) is 0 Å². The number of aromatic nitrogens is 1. The van der Waals surface area contributed by atoms with Gasteiger partial charge in [-0.15, -0.1) is 12.4 Å². The van der Waals surface area contributed by atoms with Crippen molar-refractivity contribution in [2.45, 2.75) is 31.7 Å². The molecule has 3 rings (SSSR count). The van der Waals surface area contributed by atoms with Gasteiger partial charge in [0.25, 0.3) is 5.91 Å². The van der Waals surface area contributed by atoms with Crippen LogP contribution in [-0.2, 0) is 0 Å². The summed E-state index contributed by atoms with van der Waals surface area (Å²) in [7, 11) is 0. The summed E-state index contributed by atoms with van der Waals surface area (Å²) in [5.74, 6) is 1.37. The summed E-state index contributed by atoms with van der Waals surface area (Å²) in [6, 6.07) is 2.03. The van der Waals surface area contributed by atoms with Gasteiger partial charge in [-0.2, -0.15) is 0 Å². The van der Waals surface area contributed by atoms with Gasteiger partial charge < -0.3 is 14.7 Å². The largest absolute Gasteiger partial charge is 0.360 e. The normalized spacial score (nSPS) is 23.6. The van der Waals surface area contributed by atoms with Gasteiger partial charge in [0.1, 0.15) is 5.76 Å². The van der Waals surface area contributed by atoms with Crippen molar-refractivity contribution in [1.82, 2.24) is 15.4 Å². The van der Waals surface area contributed by atoms with Gasteiger partial charge in [0, 0.05) is 37.7 Å². The zero-order chi connectivity index (χ0) is 11.8. The summed E-state index contributed by atoms with van der Waals surface area (Å²) in [5, 5.41) is 7.17. The van der Waals surface area contributed by atoms with E-state index in [1.54, 1.807) is 0 Å². The Bertz CT molecular complexity index is 431. The van der Waals surface area contributed by atoms with Gasteiger partial charge in [-0.05, 0) is 19.8 Å². The lowest BCUT2D eigenvalue weighted by molar-refractivity contribution is 0.0645. The highest BCUT2D eigenvalue weighted by Gasteiger charge is 2.31. The Balaban J connectivity index is 0.00000120. The van der Waals surface area contributed by atoms with Crippen molar-refractivity contribution in [3.8, 4) is 0 Å². The van der Waals surface area contributed by atoms with E-state index < -0.39 is 0 Å². The smallest absolute Gasteiger partial charge is 0.276 e. The number of rotatable bonds is 2. The first-order chi connectivity index (χ1) is 8.25. The van der Waals surface area contributed by atoms with Crippen molar-refractivity contribution in [3.05, 3.63) is 17.5 Å². The molecule has 0 spiro atoms. The summed E-state index contributed by atoms with van der Waals surface area (Å²) in [6.45, 7) is 4.49. The second-order valence-electron chi connectivity index (χ2n) is 4.94. The van der Waals surface area contributed by atoms with Crippen molar-refractivity contribution >= 4 is 18.3 Å². The fraction of sp³-hybridized carbons (Fsp3) is 0.667. The lowest BCUT2D eigenvalue weighted by Gasteiger charge is -2.33. The Morgan fingerprint density at radius 2 is 2.33 bits per heavy atom. The van der Waals surface area contributed by atoms with E-state index in [2.05, 4.69) is 10.5 Å². The minimum absolute atomic E-state index is 0. The summed E-state index contributed by atoms with van der Waals surface area (Å²) < 4.78 is 5.22. The third kappa shape index (κ3) is 2.52. The van der Waals surface area contributed by atoms with Gasteiger partial charge in [-0.1, -0.05) is 5.16 Å². The fourth-order valence-corrected chi connectivity index (χ4v) is 2.24. The molecule has 0 bridgehead atoms. The third-order valence-electron chi connectivity index (χ3n) is 3.49. The second-order valence-corrected chi connectivity index (χ2v) is 4.94. The maximum absolute atomic E-state index is 12.2. The van der Waals surface area contributed by atoms with Crippen LogP contribution in [0.15, 0.2) is 10.6 Å². The highest BCUT2D eigenvalue weighted by atomic mass is 35.5. The first-order valence-corrected chi connectivity index (χ1v) is 6.24. The van der Waals surface area contributed by atoms with Crippen molar-refractivity contribution in [1.29, 1.82) is 0 Å². The minimum atomic E-state index is -0.00495. The molecule has 18 heavy (non-hydrogen) atoms. The second kappa shape index (κ2) is 5.28.